The van der Waals surface area contributed by atoms with E-state index >= 15 is 0 Å². The highest BCUT2D eigenvalue weighted by atomic mass is 16.5. The fourth-order valence-electron chi connectivity index (χ4n) is 4.76. The lowest BCUT2D eigenvalue weighted by molar-refractivity contribution is -0.141. The molecule has 0 bridgehead atoms. The standard InChI is InChI=1S/C34H28N4O3/c1-4-17-41-28-15-16-29(23(2)18-28)32-26(22-38(36-32)27-13-9-6-10-14-27)19-30-24(3)31(20-35)34(40)37(33(30)39)21-25-11-7-5-8-12-25/h4-16,18-19,22H,1,17,21H2,2-3H3/b30-19+. The number of carbonyl (C=O) groups is 2. The largest absolute Gasteiger partial charge is 0.490 e. The predicted molar refractivity (Wildman–Crippen MR) is 158 cm³/mol. The van der Waals surface area contributed by atoms with E-state index < -0.39 is 11.8 Å². The molecule has 0 saturated carbocycles. The number of aromatic nitrogens is 2. The summed E-state index contributed by atoms with van der Waals surface area (Å²) in [6.07, 6.45) is 5.26. The van der Waals surface area contributed by atoms with Crippen molar-refractivity contribution in [1.82, 2.24) is 14.7 Å². The summed E-state index contributed by atoms with van der Waals surface area (Å²) < 4.78 is 7.46. The van der Waals surface area contributed by atoms with Crippen molar-refractivity contribution in [2.24, 2.45) is 0 Å². The van der Waals surface area contributed by atoms with Gasteiger partial charge in [-0.3, -0.25) is 14.5 Å². The molecule has 0 aliphatic carbocycles. The van der Waals surface area contributed by atoms with Gasteiger partial charge >= 0.3 is 0 Å². The molecule has 0 radical (unpaired) electrons. The molecule has 2 amide bonds. The highest BCUT2D eigenvalue weighted by Gasteiger charge is 2.35. The number of carbonyl (C=O) groups excluding carboxylic acids is 2. The van der Waals surface area contributed by atoms with E-state index in [2.05, 4.69) is 6.58 Å². The van der Waals surface area contributed by atoms with Crippen LogP contribution in [-0.2, 0) is 16.1 Å². The number of amides is 2. The van der Waals surface area contributed by atoms with Gasteiger partial charge in [0.1, 0.15) is 29.7 Å². The first-order valence-corrected chi connectivity index (χ1v) is 13.1. The molecule has 1 aliphatic heterocycles. The second-order valence-corrected chi connectivity index (χ2v) is 9.64. The highest BCUT2D eigenvalue weighted by Crippen LogP contribution is 2.34. The summed E-state index contributed by atoms with van der Waals surface area (Å²) in [5.41, 5.74) is 5.32. The third kappa shape index (κ3) is 5.49. The zero-order chi connectivity index (χ0) is 28.9. The van der Waals surface area contributed by atoms with Crippen molar-refractivity contribution < 1.29 is 14.3 Å². The second kappa shape index (κ2) is 11.7. The summed E-state index contributed by atoms with van der Waals surface area (Å²) in [5.74, 6) is -0.343. The van der Waals surface area contributed by atoms with E-state index in [1.807, 2.05) is 98.1 Å². The predicted octanol–water partition coefficient (Wildman–Crippen LogP) is 6.21. The minimum atomic E-state index is -0.595. The fourth-order valence-corrected chi connectivity index (χ4v) is 4.76. The van der Waals surface area contributed by atoms with Gasteiger partial charge in [0.25, 0.3) is 11.8 Å². The summed E-state index contributed by atoms with van der Waals surface area (Å²) in [6.45, 7) is 7.77. The number of nitrogens with zero attached hydrogens (tertiary/aromatic N) is 4. The summed E-state index contributed by atoms with van der Waals surface area (Å²) >= 11 is 0. The third-order valence-corrected chi connectivity index (χ3v) is 6.89. The van der Waals surface area contributed by atoms with Crippen LogP contribution in [0.2, 0.25) is 0 Å². The van der Waals surface area contributed by atoms with Gasteiger partial charge in [-0.1, -0.05) is 61.2 Å². The van der Waals surface area contributed by atoms with Crippen LogP contribution in [0, 0.1) is 18.3 Å². The number of nitriles is 1. The number of benzene rings is 3. The number of ether oxygens (including phenoxy) is 1. The maximum Gasteiger partial charge on any atom is 0.271 e. The van der Waals surface area contributed by atoms with Crippen molar-refractivity contribution in [3.63, 3.8) is 0 Å². The molecule has 0 unspecified atom stereocenters. The Kier molecular flexibility index (Phi) is 7.75. The molecule has 202 valence electrons. The molecular weight excluding hydrogens is 512 g/mol. The minimum Gasteiger partial charge on any atom is -0.490 e. The van der Waals surface area contributed by atoms with Gasteiger partial charge in [0, 0.05) is 22.9 Å². The Bertz CT molecular complexity index is 1740. The number of rotatable bonds is 8. The normalized spacial score (nSPS) is 14.4. The number of imide groups is 1. The molecule has 2 heterocycles. The Morgan fingerprint density at radius 2 is 1.68 bits per heavy atom. The highest BCUT2D eigenvalue weighted by molar-refractivity contribution is 6.19. The van der Waals surface area contributed by atoms with Crippen LogP contribution in [0.25, 0.3) is 23.0 Å². The van der Waals surface area contributed by atoms with E-state index in [4.69, 9.17) is 9.84 Å². The van der Waals surface area contributed by atoms with Crippen molar-refractivity contribution in [2.45, 2.75) is 20.4 Å². The van der Waals surface area contributed by atoms with Crippen LogP contribution in [0.4, 0.5) is 0 Å². The summed E-state index contributed by atoms with van der Waals surface area (Å²) in [4.78, 5) is 28.1. The number of hydrogen-bond donors (Lipinski definition) is 0. The molecule has 7 nitrogen and oxygen atoms in total. The Morgan fingerprint density at radius 1 is 0.976 bits per heavy atom. The molecule has 1 aromatic heterocycles. The Labute approximate surface area is 238 Å². The van der Waals surface area contributed by atoms with E-state index in [-0.39, 0.29) is 17.7 Å². The molecule has 7 heteroatoms. The van der Waals surface area contributed by atoms with Crippen molar-refractivity contribution in [3.8, 4) is 28.8 Å². The zero-order valence-electron chi connectivity index (χ0n) is 22.9. The van der Waals surface area contributed by atoms with Crippen molar-refractivity contribution in [2.75, 3.05) is 6.61 Å². The Morgan fingerprint density at radius 3 is 2.34 bits per heavy atom. The molecule has 4 aromatic rings. The maximum absolute atomic E-state index is 13.8. The van der Waals surface area contributed by atoms with E-state index in [1.165, 1.54) is 0 Å². The van der Waals surface area contributed by atoms with E-state index in [9.17, 15) is 14.9 Å². The summed E-state index contributed by atoms with van der Waals surface area (Å²) in [7, 11) is 0. The van der Waals surface area contributed by atoms with Crippen molar-refractivity contribution in [3.05, 3.63) is 131 Å². The molecule has 0 saturated heterocycles. The average Bonchev–Trinajstić information content (AvgIpc) is 3.41. The molecule has 1 aliphatic rings. The second-order valence-electron chi connectivity index (χ2n) is 9.64. The lowest BCUT2D eigenvalue weighted by Crippen LogP contribution is -2.42. The van der Waals surface area contributed by atoms with Gasteiger partial charge in [0.05, 0.1) is 12.2 Å². The monoisotopic (exact) mass is 540 g/mol. The van der Waals surface area contributed by atoms with Crippen molar-refractivity contribution in [1.29, 1.82) is 5.26 Å². The van der Waals surface area contributed by atoms with Gasteiger partial charge in [0.15, 0.2) is 0 Å². The average molecular weight is 541 g/mol. The molecule has 0 N–H and O–H groups in total. The van der Waals surface area contributed by atoms with Gasteiger partial charge in [-0.15, -0.1) is 0 Å². The molecule has 0 atom stereocenters. The van der Waals surface area contributed by atoms with Gasteiger partial charge in [-0.2, -0.15) is 10.4 Å². The van der Waals surface area contributed by atoms with Gasteiger partial charge in [-0.05, 0) is 67.0 Å². The third-order valence-electron chi connectivity index (χ3n) is 6.89. The van der Waals surface area contributed by atoms with Crippen LogP contribution in [-0.4, -0.2) is 33.1 Å². The SMILES string of the molecule is C=CCOc1ccc(-c2nn(-c3ccccc3)cc2/C=C2/C(=O)N(Cc3ccccc3)C(=O)C(C#N)=C2C)c(C)c1. The maximum atomic E-state index is 13.8. The lowest BCUT2D eigenvalue weighted by atomic mass is 9.92. The van der Waals surface area contributed by atoms with E-state index in [0.717, 1.165) is 27.3 Å². The van der Waals surface area contributed by atoms with Crippen LogP contribution >= 0.6 is 0 Å². The first-order chi connectivity index (χ1) is 19.9. The summed E-state index contributed by atoms with van der Waals surface area (Å²) in [5, 5.41) is 14.8. The number of hydrogen-bond acceptors (Lipinski definition) is 5. The Balaban J connectivity index is 1.65. The molecule has 5 rings (SSSR count). The van der Waals surface area contributed by atoms with E-state index in [0.29, 0.717) is 29.2 Å². The van der Waals surface area contributed by atoms with Gasteiger partial charge < -0.3 is 4.74 Å². The van der Waals surface area contributed by atoms with Gasteiger partial charge in [0.2, 0.25) is 0 Å². The smallest absolute Gasteiger partial charge is 0.271 e. The molecule has 41 heavy (non-hydrogen) atoms. The quantitative estimate of drug-likeness (QED) is 0.151. The summed E-state index contributed by atoms with van der Waals surface area (Å²) in [6, 6.07) is 26.7. The number of para-hydroxylation sites is 1. The lowest BCUT2D eigenvalue weighted by Gasteiger charge is -2.27. The molecule has 0 spiro atoms. The molecular formula is C34H28N4O3. The van der Waals surface area contributed by atoms with Gasteiger partial charge in [-0.25, -0.2) is 4.68 Å². The number of aryl methyl sites for hydroxylation is 1. The zero-order valence-corrected chi connectivity index (χ0v) is 22.9. The van der Waals surface area contributed by atoms with Crippen LogP contribution in [0.5, 0.6) is 5.75 Å². The minimum absolute atomic E-state index is 0.0521. The van der Waals surface area contributed by atoms with Crippen molar-refractivity contribution >= 4 is 17.9 Å². The topological polar surface area (TPSA) is 88.2 Å². The molecule has 0 fully saturated rings. The van der Waals surface area contributed by atoms with Crippen LogP contribution in [0.3, 0.4) is 0 Å². The van der Waals surface area contributed by atoms with Crippen LogP contribution in [0.1, 0.15) is 23.6 Å². The van der Waals surface area contributed by atoms with Crippen LogP contribution < -0.4 is 4.74 Å². The first-order valence-electron chi connectivity index (χ1n) is 13.1. The Hall–Kier alpha value is -5.48. The fraction of sp³-hybridized carbons (Fsp3) is 0.118. The van der Waals surface area contributed by atoms with Crippen LogP contribution in [0.15, 0.2) is 114 Å². The molecule has 3 aromatic carbocycles. The van der Waals surface area contributed by atoms with E-state index in [1.54, 1.807) is 23.8 Å². The first kappa shape index (κ1) is 27.1.